The fourth-order valence-electron chi connectivity index (χ4n) is 8.48. The van der Waals surface area contributed by atoms with Gasteiger partial charge in [0.1, 0.15) is 35.5 Å². The van der Waals surface area contributed by atoms with Crippen molar-refractivity contribution in [1.82, 2.24) is 0 Å². The van der Waals surface area contributed by atoms with Crippen molar-refractivity contribution < 1.29 is 18.9 Å². The predicted molar refractivity (Wildman–Crippen MR) is 164 cm³/mol. The van der Waals surface area contributed by atoms with Gasteiger partial charge in [-0.3, -0.25) is 0 Å². The van der Waals surface area contributed by atoms with Gasteiger partial charge in [-0.2, -0.15) is 10.5 Å². The second kappa shape index (κ2) is 8.70. The number of rotatable bonds is 1. The average Bonchev–Trinajstić information content (AvgIpc) is 3.28. The molecule has 6 nitrogen and oxygen atoms in total. The number of nitrogens with zero attached hydrogens (tertiary/aromatic N) is 2. The minimum atomic E-state index is -0.257. The SMILES string of the molecule is Cc1c(C#N)c2c(c(C#N)c1C(C)C)Oc1cc3c(cc1O2)C(C)(C)CC31CC(C)(C)c2cc3c(cc21)OC(C)C(C)O3. The Bertz CT molecular complexity index is 1840. The number of nitriles is 2. The van der Waals surface area contributed by atoms with Gasteiger partial charge in [-0.1, -0.05) is 41.5 Å². The van der Waals surface area contributed by atoms with E-state index in [1.165, 1.54) is 22.3 Å². The molecular weight excluding hydrogens is 536 g/mol. The largest absolute Gasteiger partial charge is 0.483 e. The Morgan fingerprint density at radius 2 is 1.12 bits per heavy atom. The maximum atomic E-state index is 10.3. The molecule has 2 heterocycles. The van der Waals surface area contributed by atoms with Crippen molar-refractivity contribution in [3.05, 3.63) is 68.8 Å². The van der Waals surface area contributed by atoms with E-state index >= 15 is 0 Å². The van der Waals surface area contributed by atoms with Crippen LogP contribution in [-0.2, 0) is 16.2 Å². The first-order valence-electron chi connectivity index (χ1n) is 15.3. The summed E-state index contributed by atoms with van der Waals surface area (Å²) < 4.78 is 25.8. The highest BCUT2D eigenvalue weighted by Crippen LogP contribution is 2.66. The minimum absolute atomic E-state index is 0.0124. The van der Waals surface area contributed by atoms with Crippen LogP contribution in [0.15, 0.2) is 24.3 Å². The first kappa shape index (κ1) is 27.7. The van der Waals surface area contributed by atoms with E-state index in [9.17, 15) is 10.5 Å². The Balaban J connectivity index is 1.43. The second-order valence-corrected chi connectivity index (χ2v) is 14.6. The Kier molecular flexibility index (Phi) is 5.59. The molecule has 0 aromatic heterocycles. The maximum Gasteiger partial charge on any atom is 0.189 e. The van der Waals surface area contributed by atoms with Crippen LogP contribution in [0.4, 0.5) is 0 Å². The normalized spacial score (nSPS) is 24.7. The van der Waals surface area contributed by atoms with E-state index < -0.39 is 0 Å². The van der Waals surface area contributed by atoms with E-state index in [1.807, 2.05) is 20.8 Å². The standard InChI is InChI=1S/C37H38N2O4/c1-18(2)32-19(3)22(14-38)33-34(23(32)15-39)43-31-13-27-25(11-30(31)42-33)36(8,9)17-37(27)16-35(6,7)24-10-28-29(12-26(24)37)41-21(5)20(4)40-28/h10-13,18,20-21H,16-17H2,1-9H3. The van der Waals surface area contributed by atoms with Gasteiger partial charge in [0, 0.05) is 5.41 Å². The van der Waals surface area contributed by atoms with Crippen LogP contribution < -0.4 is 18.9 Å². The van der Waals surface area contributed by atoms with Crippen molar-refractivity contribution in [2.75, 3.05) is 0 Å². The van der Waals surface area contributed by atoms with Crippen LogP contribution in [0, 0.1) is 29.6 Å². The lowest BCUT2D eigenvalue weighted by Crippen LogP contribution is -2.35. The van der Waals surface area contributed by atoms with E-state index in [4.69, 9.17) is 18.9 Å². The van der Waals surface area contributed by atoms with Gasteiger partial charge < -0.3 is 18.9 Å². The molecule has 43 heavy (non-hydrogen) atoms. The maximum absolute atomic E-state index is 10.3. The number of fused-ring (bicyclic) bond motifs is 7. The van der Waals surface area contributed by atoms with Crippen molar-refractivity contribution in [2.45, 2.75) is 110 Å². The van der Waals surface area contributed by atoms with E-state index in [1.54, 1.807) is 0 Å². The molecule has 3 atom stereocenters. The van der Waals surface area contributed by atoms with Crippen LogP contribution in [-0.4, -0.2) is 12.2 Å². The molecule has 1 spiro atoms. The highest BCUT2D eigenvalue weighted by atomic mass is 16.6. The molecule has 2 aliphatic heterocycles. The highest BCUT2D eigenvalue weighted by Gasteiger charge is 2.57. The molecule has 220 valence electrons. The lowest BCUT2D eigenvalue weighted by atomic mass is 9.72. The van der Waals surface area contributed by atoms with Gasteiger partial charge in [-0.15, -0.1) is 0 Å². The molecule has 4 aliphatic rings. The van der Waals surface area contributed by atoms with Gasteiger partial charge in [0.15, 0.2) is 34.5 Å². The third-order valence-corrected chi connectivity index (χ3v) is 10.4. The van der Waals surface area contributed by atoms with Gasteiger partial charge >= 0.3 is 0 Å². The van der Waals surface area contributed by atoms with E-state index in [2.05, 4.69) is 77.9 Å². The third-order valence-electron chi connectivity index (χ3n) is 10.4. The monoisotopic (exact) mass is 574 g/mol. The van der Waals surface area contributed by atoms with Crippen molar-refractivity contribution in [1.29, 1.82) is 10.5 Å². The summed E-state index contributed by atoms with van der Waals surface area (Å²) in [5.41, 5.74) is 6.98. The van der Waals surface area contributed by atoms with Gasteiger partial charge in [-0.05, 0) is 108 Å². The molecular formula is C37H38N2O4. The molecule has 0 fully saturated rings. The first-order chi connectivity index (χ1) is 20.2. The fourth-order valence-corrected chi connectivity index (χ4v) is 8.48. The quantitative estimate of drug-likeness (QED) is 0.226. The number of benzene rings is 3. The molecule has 6 heteroatoms. The van der Waals surface area contributed by atoms with E-state index in [0.717, 1.165) is 35.5 Å². The van der Waals surface area contributed by atoms with Crippen LogP contribution in [0.5, 0.6) is 34.5 Å². The van der Waals surface area contributed by atoms with Gasteiger partial charge in [0.25, 0.3) is 0 Å². The highest BCUT2D eigenvalue weighted by molar-refractivity contribution is 5.73. The lowest BCUT2D eigenvalue weighted by Gasteiger charge is -2.33. The number of hydrogen-bond acceptors (Lipinski definition) is 6. The zero-order chi connectivity index (χ0) is 30.8. The molecule has 2 aliphatic carbocycles. The van der Waals surface area contributed by atoms with Crippen LogP contribution in [0.2, 0.25) is 0 Å². The average molecular weight is 575 g/mol. The summed E-state index contributed by atoms with van der Waals surface area (Å²) in [5, 5.41) is 20.4. The smallest absolute Gasteiger partial charge is 0.189 e. The molecule has 3 unspecified atom stereocenters. The minimum Gasteiger partial charge on any atom is -0.483 e. The van der Waals surface area contributed by atoms with Gasteiger partial charge in [-0.25, -0.2) is 0 Å². The van der Waals surface area contributed by atoms with Crippen molar-refractivity contribution >= 4 is 0 Å². The summed E-state index contributed by atoms with van der Waals surface area (Å²) >= 11 is 0. The van der Waals surface area contributed by atoms with Crippen molar-refractivity contribution in [3.63, 3.8) is 0 Å². The fraction of sp³-hybridized carbons (Fsp3) is 0.459. The molecule has 0 N–H and O–H groups in total. The second-order valence-electron chi connectivity index (χ2n) is 14.6. The molecule has 7 rings (SSSR count). The predicted octanol–water partition coefficient (Wildman–Crippen LogP) is 8.96. The first-order valence-corrected chi connectivity index (χ1v) is 15.3. The zero-order valence-electron chi connectivity index (χ0n) is 26.5. The molecule has 0 saturated heterocycles. The van der Waals surface area contributed by atoms with Crippen LogP contribution >= 0.6 is 0 Å². The summed E-state index contributed by atoms with van der Waals surface area (Å²) in [6, 6.07) is 13.4. The van der Waals surface area contributed by atoms with Crippen LogP contribution in [0.3, 0.4) is 0 Å². The zero-order valence-corrected chi connectivity index (χ0v) is 26.5. The lowest BCUT2D eigenvalue weighted by molar-refractivity contribution is 0.0427. The van der Waals surface area contributed by atoms with Gasteiger partial charge in [0.2, 0.25) is 0 Å². The van der Waals surface area contributed by atoms with E-state index in [-0.39, 0.29) is 34.4 Å². The Morgan fingerprint density at radius 3 is 1.58 bits per heavy atom. The molecule has 0 radical (unpaired) electrons. The summed E-state index contributed by atoms with van der Waals surface area (Å²) in [6.07, 6.45) is 1.82. The Morgan fingerprint density at radius 1 is 0.698 bits per heavy atom. The Hall–Kier alpha value is -4.16. The van der Waals surface area contributed by atoms with Crippen LogP contribution in [0.1, 0.15) is 119 Å². The summed E-state index contributed by atoms with van der Waals surface area (Å²) in [6.45, 7) is 19.3. The van der Waals surface area contributed by atoms with E-state index in [0.29, 0.717) is 34.1 Å². The molecule has 0 bridgehead atoms. The van der Waals surface area contributed by atoms with Crippen LogP contribution in [0.25, 0.3) is 0 Å². The number of ether oxygens (including phenoxy) is 4. The molecule has 0 amide bonds. The third kappa shape index (κ3) is 3.62. The molecule has 3 aromatic carbocycles. The van der Waals surface area contributed by atoms with Crippen molar-refractivity contribution in [3.8, 4) is 46.6 Å². The topological polar surface area (TPSA) is 84.5 Å². The molecule has 0 saturated carbocycles. The Labute approximate surface area is 254 Å². The summed E-state index contributed by atoms with van der Waals surface area (Å²) in [4.78, 5) is 0. The molecule has 3 aromatic rings. The van der Waals surface area contributed by atoms with Crippen molar-refractivity contribution in [2.24, 2.45) is 0 Å². The van der Waals surface area contributed by atoms with Gasteiger partial charge in [0.05, 0.1) is 0 Å². The number of hydrogen-bond donors (Lipinski definition) is 0. The summed E-state index contributed by atoms with van der Waals surface area (Å²) in [5.74, 6) is 3.49. The summed E-state index contributed by atoms with van der Waals surface area (Å²) in [7, 11) is 0.